The lowest BCUT2D eigenvalue weighted by atomic mass is 10.1. The van der Waals surface area contributed by atoms with Crippen molar-refractivity contribution in [2.24, 2.45) is 5.73 Å². The van der Waals surface area contributed by atoms with Gasteiger partial charge in [0, 0.05) is 23.1 Å². The second-order valence-electron chi connectivity index (χ2n) is 4.18. The van der Waals surface area contributed by atoms with Crippen molar-refractivity contribution in [2.75, 3.05) is 0 Å². The first-order valence-electron chi connectivity index (χ1n) is 6.14. The van der Waals surface area contributed by atoms with E-state index in [1.54, 1.807) is 0 Å². The average molecular weight is 309 g/mol. The first kappa shape index (κ1) is 13.2. The van der Waals surface area contributed by atoms with E-state index < -0.39 is 0 Å². The minimum absolute atomic E-state index is 0.411. The first-order valence-corrected chi connectivity index (χ1v) is 6.94. The van der Waals surface area contributed by atoms with E-state index in [1.807, 2.05) is 16.8 Å². The Kier molecular flexibility index (Phi) is 4.49. The Bertz CT molecular complexity index is 521. The molecule has 0 saturated heterocycles. The van der Waals surface area contributed by atoms with Crippen molar-refractivity contribution in [1.29, 1.82) is 0 Å². The first-order chi connectivity index (χ1) is 8.76. The molecule has 1 aromatic carbocycles. The number of aryl methyl sites for hydroxylation is 1. The number of hydrogen-bond donors (Lipinski definition) is 1. The topological polar surface area (TPSA) is 56.7 Å². The van der Waals surface area contributed by atoms with Crippen molar-refractivity contribution in [3.63, 3.8) is 0 Å². The second-order valence-corrected chi connectivity index (χ2v) is 5.09. The number of halogens is 1. The fraction of sp³-hybridized carbons (Fsp3) is 0.385. The third-order valence-corrected chi connectivity index (χ3v) is 3.31. The lowest BCUT2D eigenvalue weighted by molar-refractivity contribution is 0.557. The van der Waals surface area contributed by atoms with Crippen molar-refractivity contribution in [1.82, 2.24) is 15.0 Å². The van der Waals surface area contributed by atoms with Gasteiger partial charge in [0.05, 0.1) is 5.69 Å². The lowest BCUT2D eigenvalue weighted by Crippen LogP contribution is -2.04. The Morgan fingerprint density at radius 1 is 1.39 bits per heavy atom. The molecule has 0 amide bonds. The van der Waals surface area contributed by atoms with Crippen LogP contribution in [0, 0.1) is 0 Å². The van der Waals surface area contributed by atoms with Crippen LogP contribution < -0.4 is 5.73 Å². The van der Waals surface area contributed by atoms with Gasteiger partial charge < -0.3 is 5.73 Å². The highest BCUT2D eigenvalue weighted by Crippen LogP contribution is 2.25. The molecule has 0 radical (unpaired) electrons. The zero-order chi connectivity index (χ0) is 13.0. The minimum atomic E-state index is 0.411. The Morgan fingerprint density at radius 2 is 2.22 bits per heavy atom. The average Bonchev–Trinajstić information content (AvgIpc) is 2.79. The molecule has 1 heterocycles. The molecule has 2 rings (SSSR count). The Morgan fingerprint density at radius 3 is 2.89 bits per heavy atom. The van der Waals surface area contributed by atoms with Gasteiger partial charge in [0.2, 0.25) is 0 Å². The maximum absolute atomic E-state index is 5.74. The van der Waals surface area contributed by atoms with E-state index >= 15 is 0 Å². The maximum Gasteiger partial charge on any atom is 0.104 e. The standard InChI is InChI=1S/C13H17BrN4/c1-2-3-7-18-13(12(9-15)16-17-18)10-5-4-6-11(14)8-10/h4-6,8H,2-3,7,9,15H2,1H3. The molecule has 96 valence electrons. The summed E-state index contributed by atoms with van der Waals surface area (Å²) in [6.45, 7) is 3.46. The van der Waals surface area contributed by atoms with Crippen molar-refractivity contribution >= 4 is 15.9 Å². The summed E-state index contributed by atoms with van der Waals surface area (Å²) in [6.07, 6.45) is 2.23. The van der Waals surface area contributed by atoms with Crippen LogP contribution in [0.15, 0.2) is 28.7 Å². The van der Waals surface area contributed by atoms with Crippen molar-refractivity contribution in [2.45, 2.75) is 32.9 Å². The molecule has 1 aromatic heterocycles. The number of nitrogens with zero attached hydrogens (tertiary/aromatic N) is 3. The van der Waals surface area contributed by atoms with E-state index in [2.05, 4.69) is 45.3 Å². The molecule has 0 spiro atoms. The van der Waals surface area contributed by atoms with Gasteiger partial charge in [0.15, 0.2) is 0 Å². The van der Waals surface area contributed by atoms with Gasteiger partial charge in [-0.2, -0.15) is 0 Å². The molecule has 4 nitrogen and oxygen atoms in total. The molecule has 0 saturated carbocycles. The highest BCUT2D eigenvalue weighted by molar-refractivity contribution is 9.10. The number of rotatable bonds is 5. The highest BCUT2D eigenvalue weighted by Gasteiger charge is 2.13. The zero-order valence-electron chi connectivity index (χ0n) is 10.4. The predicted molar refractivity (Wildman–Crippen MR) is 76.0 cm³/mol. The zero-order valence-corrected chi connectivity index (χ0v) is 12.0. The fourth-order valence-electron chi connectivity index (χ4n) is 1.90. The van der Waals surface area contributed by atoms with Crippen LogP contribution >= 0.6 is 15.9 Å². The van der Waals surface area contributed by atoms with Gasteiger partial charge in [-0.25, -0.2) is 4.68 Å². The van der Waals surface area contributed by atoms with Crippen LogP contribution in [0.1, 0.15) is 25.5 Å². The molecule has 18 heavy (non-hydrogen) atoms. The molecule has 5 heteroatoms. The van der Waals surface area contributed by atoms with Crippen LogP contribution in [-0.4, -0.2) is 15.0 Å². The molecule has 0 fully saturated rings. The van der Waals surface area contributed by atoms with Crippen LogP contribution in [0.4, 0.5) is 0 Å². The van der Waals surface area contributed by atoms with Gasteiger partial charge in [0.1, 0.15) is 5.69 Å². The number of nitrogens with two attached hydrogens (primary N) is 1. The summed E-state index contributed by atoms with van der Waals surface area (Å²) >= 11 is 3.49. The predicted octanol–water partition coefficient (Wildman–Crippen LogP) is 2.97. The van der Waals surface area contributed by atoms with Gasteiger partial charge in [-0.15, -0.1) is 5.10 Å². The van der Waals surface area contributed by atoms with E-state index in [1.165, 1.54) is 0 Å². The quantitative estimate of drug-likeness (QED) is 0.924. The largest absolute Gasteiger partial charge is 0.325 e. The Balaban J connectivity index is 2.43. The Hall–Kier alpha value is -1.20. The van der Waals surface area contributed by atoms with E-state index in [9.17, 15) is 0 Å². The second kappa shape index (κ2) is 6.11. The molecule has 0 unspecified atom stereocenters. The van der Waals surface area contributed by atoms with Gasteiger partial charge in [-0.05, 0) is 18.6 Å². The molecule has 0 bridgehead atoms. The minimum Gasteiger partial charge on any atom is -0.325 e. The summed E-state index contributed by atoms with van der Waals surface area (Å²) < 4.78 is 3.00. The summed E-state index contributed by atoms with van der Waals surface area (Å²) in [5.74, 6) is 0. The van der Waals surface area contributed by atoms with E-state index in [4.69, 9.17) is 5.73 Å². The molecule has 0 atom stereocenters. The smallest absolute Gasteiger partial charge is 0.104 e. The van der Waals surface area contributed by atoms with Crippen molar-refractivity contribution in [3.8, 4) is 11.3 Å². The summed E-state index contributed by atoms with van der Waals surface area (Å²) in [5.41, 5.74) is 8.73. The van der Waals surface area contributed by atoms with Gasteiger partial charge in [0.25, 0.3) is 0 Å². The van der Waals surface area contributed by atoms with Crippen molar-refractivity contribution < 1.29 is 0 Å². The van der Waals surface area contributed by atoms with Crippen LogP contribution in [0.3, 0.4) is 0 Å². The summed E-state index contributed by atoms with van der Waals surface area (Å²) in [5, 5.41) is 8.37. The molecule has 0 aliphatic rings. The van der Waals surface area contributed by atoms with E-state index in [0.29, 0.717) is 6.54 Å². The van der Waals surface area contributed by atoms with Crippen LogP contribution in [0.5, 0.6) is 0 Å². The number of aromatic nitrogens is 3. The Labute approximate surface area is 115 Å². The number of unbranched alkanes of at least 4 members (excludes halogenated alkanes) is 1. The summed E-state index contributed by atoms with van der Waals surface area (Å²) in [4.78, 5) is 0. The van der Waals surface area contributed by atoms with Crippen LogP contribution in [-0.2, 0) is 13.1 Å². The number of benzene rings is 1. The fourth-order valence-corrected chi connectivity index (χ4v) is 2.30. The van der Waals surface area contributed by atoms with Gasteiger partial charge in [-0.1, -0.05) is 46.6 Å². The maximum atomic E-state index is 5.74. The lowest BCUT2D eigenvalue weighted by Gasteiger charge is -2.07. The van der Waals surface area contributed by atoms with Crippen LogP contribution in [0.25, 0.3) is 11.3 Å². The van der Waals surface area contributed by atoms with Crippen LogP contribution in [0.2, 0.25) is 0 Å². The summed E-state index contributed by atoms with van der Waals surface area (Å²) in [7, 11) is 0. The van der Waals surface area contributed by atoms with Gasteiger partial charge >= 0.3 is 0 Å². The molecule has 2 N–H and O–H groups in total. The molecule has 0 aliphatic heterocycles. The monoisotopic (exact) mass is 308 g/mol. The molecule has 2 aromatic rings. The number of hydrogen-bond acceptors (Lipinski definition) is 3. The highest BCUT2D eigenvalue weighted by atomic mass is 79.9. The third-order valence-electron chi connectivity index (χ3n) is 2.82. The van der Waals surface area contributed by atoms with Gasteiger partial charge in [-0.3, -0.25) is 0 Å². The molecule has 0 aliphatic carbocycles. The van der Waals surface area contributed by atoms with Crippen molar-refractivity contribution in [3.05, 3.63) is 34.4 Å². The summed E-state index contributed by atoms with van der Waals surface area (Å²) in [6, 6.07) is 8.15. The molecular formula is C13H17BrN4. The van der Waals surface area contributed by atoms with E-state index in [0.717, 1.165) is 40.8 Å². The molecular weight excluding hydrogens is 292 g/mol. The third kappa shape index (κ3) is 2.79. The normalized spacial score (nSPS) is 10.8. The van der Waals surface area contributed by atoms with E-state index in [-0.39, 0.29) is 0 Å². The SMILES string of the molecule is CCCCn1nnc(CN)c1-c1cccc(Br)c1.